The third kappa shape index (κ3) is 3.91. The van der Waals surface area contributed by atoms with Gasteiger partial charge in [0.2, 0.25) is 6.17 Å². The van der Waals surface area contributed by atoms with E-state index >= 15 is 0 Å². The Morgan fingerprint density at radius 3 is 2.54 bits per heavy atom. The Bertz CT molecular complexity index is 854. The third-order valence-electron chi connectivity index (χ3n) is 4.32. The van der Waals surface area contributed by atoms with E-state index in [1.54, 1.807) is 7.11 Å². The highest BCUT2D eigenvalue weighted by atomic mass is 16.5. The molecule has 1 unspecified atom stereocenters. The van der Waals surface area contributed by atoms with E-state index in [1.165, 1.54) is 0 Å². The molecular formula is C20H24N5O+. The number of aliphatic imine (C=N–C) groups is 1. The molecule has 26 heavy (non-hydrogen) atoms. The second-order valence-electron chi connectivity index (χ2n) is 6.14. The second-order valence-corrected chi connectivity index (χ2v) is 6.14. The molecule has 2 aromatic carbocycles. The van der Waals surface area contributed by atoms with E-state index in [4.69, 9.17) is 15.5 Å². The van der Waals surface area contributed by atoms with Crippen LogP contribution in [0.25, 0.3) is 0 Å². The number of benzene rings is 2. The van der Waals surface area contributed by atoms with Crippen LogP contribution >= 0.6 is 0 Å². The lowest BCUT2D eigenvalue weighted by molar-refractivity contribution is -0.386. The highest BCUT2D eigenvalue weighted by molar-refractivity contribution is 5.99. The van der Waals surface area contributed by atoms with Gasteiger partial charge in [-0.2, -0.15) is 9.68 Å². The van der Waals surface area contributed by atoms with Crippen LogP contribution in [-0.2, 0) is 4.74 Å². The molecule has 6 nitrogen and oxygen atoms in total. The zero-order valence-corrected chi connectivity index (χ0v) is 15.3. The predicted molar refractivity (Wildman–Crippen MR) is 106 cm³/mol. The topological polar surface area (TPSA) is 75.0 Å². The summed E-state index contributed by atoms with van der Waals surface area (Å²) in [5, 5.41) is 4.50. The zero-order valence-electron chi connectivity index (χ0n) is 15.3. The van der Waals surface area contributed by atoms with Crippen molar-refractivity contribution >= 4 is 23.1 Å². The summed E-state index contributed by atoms with van der Waals surface area (Å²) in [6.45, 7) is 1.95. The number of hydrazone groups is 1. The van der Waals surface area contributed by atoms with E-state index in [2.05, 4.69) is 10.5 Å². The molecule has 1 atom stereocenters. The van der Waals surface area contributed by atoms with Crippen LogP contribution in [0.2, 0.25) is 0 Å². The first kappa shape index (κ1) is 17.7. The fraction of sp³-hybridized carbons (Fsp3) is 0.250. The quantitative estimate of drug-likeness (QED) is 0.385. The minimum atomic E-state index is -0.194. The average Bonchev–Trinajstić information content (AvgIpc) is 2.68. The van der Waals surface area contributed by atoms with Crippen LogP contribution in [0.15, 0.2) is 64.7 Å². The number of nitrogens with one attached hydrogen (secondary N) is 1. The Hall–Kier alpha value is -3.15. The van der Waals surface area contributed by atoms with Crippen molar-refractivity contribution in [2.45, 2.75) is 19.5 Å². The van der Waals surface area contributed by atoms with Crippen molar-refractivity contribution in [3.05, 3.63) is 65.7 Å². The number of anilines is 1. The Morgan fingerprint density at radius 1 is 1.19 bits per heavy atom. The van der Waals surface area contributed by atoms with Gasteiger partial charge in [0, 0.05) is 5.69 Å². The number of hydrogen-bond donors (Lipinski definition) is 2. The van der Waals surface area contributed by atoms with E-state index in [0.717, 1.165) is 34.3 Å². The van der Waals surface area contributed by atoms with Crippen molar-refractivity contribution in [2.24, 2.45) is 10.1 Å². The molecule has 1 heterocycles. The SMILES string of the molecule is COC1=[N+](C)C(c2ccccc2)=NC(N/N=C(\C)c2ccc(N)cc2)C1. The van der Waals surface area contributed by atoms with Gasteiger partial charge < -0.3 is 10.5 Å². The molecule has 0 aliphatic carbocycles. The van der Waals surface area contributed by atoms with Crippen molar-refractivity contribution in [3.8, 4) is 0 Å². The van der Waals surface area contributed by atoms with Crippen LogP contribution in [0.3, 0.4) is 0 Å². The van der Waals surface area contributed by atoms with Crippen LogP contribution in [0.1, 0.15) is 24.5 Å². The van der Waals surface area contributed by atoms with Crippen LogP contribution in [0.4, 0.5) is 5.69 Å². The molecule has 6 heteroatoms. The number of ether oxygens (including phenoxy) is 1. The van der Waals surface area contributed by atoms with E-state index in [9.17, 15) is 0 Å². The summed E-state index contributed by atoms with van der Waals surface area (Å²) in [7, 11) is 3.64. The van der Waals surface area contributed by atoms with Gasteiger partial charge in [-0.05, 0) is 36.8 Å². The maximum atomic E-state index is 5.74. The molecule has 0 saturated carbocycles. The molecule has 1 aliphatic heterocycles. The van der Waals surface area contributed by atoms with Crippen molar-refractivity contribution in [2.75, 3.05) is 19.9 Å². The van der Waals surface area contributed by atoms with Gasteiger partial charge in [-0.1, -0.05) is 35.3 Å². The van der Waals surface area contributed by atoms with Gasteiger partial charge in [-0.15, -0.1) is 0 Å². The Morgan fingerprint density at radius 2 is 1.88 bits per heavy atom. The maximum Gasteiger partial charge on any atom is 0.329 e. The number of rotatable bonds is 4. The fourth-order valence-electron chi connectivity index (χ4n) is 2.81. The van der Waals surface area contributed by atoms with Crippen LogP contribution < -0.4 is 11.2 Å². The summed E-state index contributed by atoms with van der Waals surface area (Å²) in [5.74, 6) is 1.70. The molecular weight excluding hydrogens is 326 g/mol. The molecule has 3 N–H and O–H groups in total. The molecule has 2 aromatic rings. The summed E-state index contributed by atoms with van der Waals surface area (Å²) in [4.78, 5) is 4.81. The van der Waals surface area contributed by atoms with Crippen molar-refractivity contribution in [1.29, 1.82) is 0 Å². The number of nitrogens with zero attached hydrogens (tertiary/aromatic N) is 3. The number of methoxy groups -OCH3 is 1. The predicted octanol–water partition coefficient (Wildman–Crippen LogP) is 2.45. The summed E-state index contributed by atoms with van der Waals surface area (Å²) < 4.78 is 7.53. The summed E-state index contributed by atoms with van der Waals surface area (Å²) >= 11 is 0. The second kappa shape index (κ2) is 7.82. The normalized spacial score (nSPS) is 17.7. The van der Waals surface area contributed by atoms with Crippen LogP contribution in [-0.4, -0.2) is 42.3 Å². The van der Waals surface area contributed by atoms with Crippen LogP contribution in [0, 0.1) is 0 Å². The van der Waals surface area contributed by atoms with Crippen molar-refractivity contribution < 1.29 is 9.31 Å². The van der Waals surface area contributed by atoms with Gasteiger partial charge >= 0.3 is 5.84 Å². The lowest BCUT2D eigenvalue weighted by Gasteiger charge is -2.17. The first-order valence-corrected chi connectivity index (χ1v) is 8.51. The zero-order chi connectivity index (χ0) is 18.5. The molecule has 0 fully saturated rings. The third-order valence-corrected chi connectivity index (χ3v) is 4.32. The van der Waals surface area contributed by atoms with Gasteiger partial charge in [0.15, 0.2) is 0 Å². The van der Waals surface area contributed by atoms with E-state index in [-0.39, 0.29) is 6.17 Å². The minimum absolute atomic E-state index is 0.194. The Balaban J connectivity index is 1.83. The van der Waals surface area contributed by atoms with Gasteiger partial charge in [-0.3, -0.25) is 5.43 Å². The van der Waals surface area contributed by atoms with Gasteiger partial charge in [0.25, 0.3) is 5.90 Å². The average molecular weight is 350 g/mol. The van der Waals surface area contributed by atoms with Crippen LogP contribution in [0.5, 0.6) is 0 Å². The van der Waals surface area contributed by atoms with E-state index in [0.29, 0.717) is 6.42 Å². The summed E-state index contributed by atoms with van der Waals surface area (Å²) in [6.07, 6.45) is 0.432. The molecule has 0 spiro atoms. The lowest BCUT2D eigenvalue weighted by atomic mass is 10.1. The van der Waals surface area contributed by atoms with Gasteiger partial charge in [0.05, 0.1) is 25.4 Å². The number of amidine groups is 1. The first-order chi connectivity index (χ1) is 12.6. The molecule has 0 saturated heterocycles. The molecule has 134 valence electrons. The van der Waals surface area contributed by atoms with Crippen molar-refractivity contribution in [1.82, 2.24) is 5.43 Å². The number of hydrogen-bond acceptors (Lipinski definition) is 5. The highest BCUT2D eigenvalue weighted by Gasteiger charge is 2.31. The Labute approximate surface area is 153 Å². The standard InChI is InChI=1S/C20H24N5O/c1-14(15-9-11-17(21)12-10-15)23-24-18-13-19(26-3)25(2)20(22-18)16-7-5-4-6-8-16/h4-12,18,24H,13,21H2,1-3H3/q+1/b23-14+. The lowest BCUT2D eigenvalue weighted by Crippen LogP contribution is -2.39. The fourth-order valence-corrected chi connectivity index (χ4v) is 2.81. The van der Waals surface area contributed by atoms with E-state index < -0.39 is 0 Å². The monoisotopic (exact) mass is 350 g/mol. The minimum Gasteiger partial charge on any atom is -0.469 e. The maximum absolute atomic E-state index is 5.74. The van der Waals surface area contributed by atoms with E-state index in [1.807, 2.05) is 73.1 Å². The smallest absolute Gasteiger partial charge is 0.329 e. The molecule has 0 radical (unpaired) electrons. The number of nitrogens with two attached hydrogens (primary N) is 1. The molecule has 3 rings (SSSR count). The highest BCUT2D eigenvalue weighted by Crippen LogP contribution is 2.12. The molecule has 0 aromatic heterocycles. The molecule has 0 amide bonds. The summed E-state index contributed by atoms with van der Waals surface area (Å²) in [5.41, 5.74) is 12.6. The number of nitrogen functional groups attached to an aromatic ring is 1. The first-order valence-electron chi connectivity index (χ1n) is 8.51. The molecule has 0 bridgehead atoms. The van der Waals surface area contributed by atoms with Gasteiger partial charge in [0.1, 0.15) is 6.42 Å². The largest absolute Gasteiger partial charge is 0.469 e. The van der Waals surface area contributed by atoms with Crippen molar-refractivity contribution in [3.63, 3.8) is 0 Å². The Kier molecular flexibility index (Phi) is 5.31. The van der Waals surface area contributed by atoms with Gasteiger partial charge in [-0.25, -0.2) is 0 Å². The molecule has 1 aliphatic rings. The summed E-state index contributed by atoms with van der Waals surface area (Å²) in [6, 6.07) is 17.7.